The number of benzene rings is 1. The number of nitrogens with zero attached hydrogens (tertiary/aromatic N) is 2. The van der Waals surface area contributed by atoms with E-state index in [1.165, 1.54) is 29.0 Å². The van der Waals surface area contributed by atoms with E-state index in [-0.39, 0.29) is 27.1 Å². The van der Waals surface area contributed by atoms with Crippen LogP contribution in [0.5, 0.6) is 11.5 Å². The molecular weight excluding hydrogens is 487 g/mol. The molecule has 1 aromatic carbocycles. The maximum Gasteiger partial charge on any atom is 0.254 e. The second-order valence-electron chi connectivity index (χ2n) is 7.49. The summed E-state index contributed by atoms with van der Waals surface area (Å²) < 4.78 is 31.9. The van der Waals surface area contributed by atoms with Crippen molar-refractivity contribution >= 4 is 33.0 Å². The van der Waals surface area contributed by atoms with Crippen molar-refractivity contribution in [1.82, 2.24) is 9.55 Å². The Balaban J connectivity index is 1.80. The van der Waals surface area contributed by atoms with Gasteiger partial charge in [0, 0.05) is 41.7 Å². The highest BCUT2D eigenvalue weighted by molar-refractivity contribution is 7.91. The number of phenolic OH excluding ortho intramolecular Hbond substituents is 1. The van der Waals surface area contributed by atoms with Gasteiger partial charge in [0.25, 0.3) is 5.56 Å². The summed E-state index contributed by atoms with van der Waals surface area (Å²) in [5.74, 6) is 0.381. The van der Waals surface area contributed by atoms with E-state index in [0.717, 1.165) is 12.0 Å². The third-order valence-corrected chi connectivity index (χ3v) is 7.53. The van der Waals surface area contributed by atoms with Gasteiger partial charge in [-0.3, -0.25) is 4.79 Å². The molecule has 0 saturated carbocycles. The van der Waals surface area contributed by atoms with Gasteiger partial charge in [0.15, 0.2) is 9.84 Å². The molecule has 0 aliphatic heterocycles. The summed E-state index contributed by atoms with van der Waals surface area (Å²) in [4.78, 5) is 16.3. The quantitative estimate of drug-likeness (QED) is 0.332. The maximum absolute atomic E-state index is 12.3. The summed E-state index contributed by atoms with van der Waals surface area (Å²) >= 11 is 12.4. The predicted octanol–water partition coefficient (Wildman–Crippen LogP) is 4.66. The van der Waals surface area contributed by atoms with Gasteiger partial charge in [0.2, 0.25) is 0 Å². The van der Waals surface area contributed by atoms with Crippen LogP contribution in [0.1, 0.15) is 25.3 Å². The van der Waals surface area contributed by atoms with Crippen LogP contribution in [-0.2, 0) is 23.3 Å². The summed E-state index contributed by atoms with van der Waals surface area (Å²) in [6, 6.07) is 7.62. The van der Waals surface area contributed by atoms with Crippen molar-refractivity contribution in [3.63, 3.8) is 0 Å². The topological polar surface area (TPSA) is 98.5 Å². The predicted molar refractivity (Wildman–Crippen MR) is 129 cm³/mol. The van der Waals surface area contributed by atoms with Gasteiger partial charge >= 0.3 is 0 Å². The van der Waals surface area contributed by atoms with Crippen LogP contribution in [0.4, 0.5) is 0 Å². The number of aromatic nitrogens is 2. The Hall–Kier alpha value is -2.55. The number of hydrogen-bond acceptors (Lipinski definition) is 6. The molecule has 0 aliphatic rings. The molecule has 0 radical (unpaired) electrons. The Bertz CT molecular complexity index is 1320. The molecule has 0 spiro atoms. The Kier molecular flexibility index (Phi) is 8.05. The lowest BCUT2D eigenvalue weighted by Crippen LogP contribution is -2.16. The van der Waals surface area contributed by atoms with Crippen LogP contribution >= 0.6 is 23.2 Å². The Labute approximate surface area is 202 Å². The number of aromatic hydroxyl groups is 1. The number of phenols is 1. The van der Waals surface area contributed by atoms with Crippen molar-refractivity contribution in [2.24, 2.45) is 7.05 Å². The third-order valence-electron chi connectivity index (χ3n) is 5.16. The van der Waals surface area contributed by atoms with Crippen molar-refractivity contribution < 1.29 is 18.3 Å². The highest BCUT2D eigenvalue weighted by atomic mass is 35.5. The van der Waals surface area contributed by atoms with Gasteiger partial charge in [-0.05, 0) is 49.1 Å². The van der Waals surface area contributed by atoms with Gasteiger partial charge in [0.1, 0.15) is 16.7 Å². The lowest BCUT2D eigenvalue weighted by molar-refractivity contribution is 0.307. The van der Waals surface area contributed by atoms with Gasteiger partial charge < -0.3 is 14.4 Å². The standard InChI is InChI=1S/C23H24Cl2N2O5S/c1-3-33(30,31)17-11-18(23(25)26-13-17)19-14-27(2)22(29)12-21(19)32-9-5-4-6-15-10-16(28)7-8-20(15)24/h7-8,10-14,28H,3-6,9H2,1-2H3. The van der Waals surface area contributed by atoms with Gasteiger partial charge in [-0.1, -0.05) is 30.1 Å². The fourth-order valence-electron chi connectivity index (χ4n) is 3.24. The van der Waals surface area contributed by atoms with E-state index in [1.54, 1.807) is 32.3 Å². The number of unbranched alkanes of at least 4 members (excludes halogenated alkanes) is 1. The number of rotatable bonds is 9. The summed E-state index contributed by atoms with van der Waals surface area (Å²) in [6.07, 6.45) is 4.84. The first-order chi connectivity index (χ1) is 15.6. The second-order valence-corrected chi connectivity index (χ2v) is 10.5. The highest BCUT2D eigenvalue weighted by Gasteiger charge is 2.19. The third kappa shape index (κ3) is 6.07. The van der Waals surface area contributed by atoms with E-state index in [9.17, 15) is 18.3 Å². The van der Waals surface area contributed by atoms with Gasteiger partial charge in [-0.25, -0.2) is 13.4 Å². The van der Waals surface area contributed by atoms with Crippen LogP contribution in [-0.4, -0.2) is 35.4 Å². The van der Waals surface area contributed by atoms with Crippen LogP contribution in [0.15, 0.2) is 52.4 Å². The monoisotopic (exact) mass is 510 g/mol. The van der Waals surface area contributed by atoms with Crippen LogP contribution in [0.2, 0.25) is 10.2 Å². The molecule has 1 N–H and O–H groups in total. The number of sulfone groups is 1. The minimum absolute atomic E-state index is 0.0483. The molecule has 0 saturated heterocycles. The molecule has 0 bridgehead atoms. The number of hydrogen-bond donors (Lipinski definition) is 1. The SMILES string of the molecule is CCS(=O)(=O)c1cnc(Cl)c(-c2cn(C)c(=O)cc2OCCCCc2cc(O)ccc2Cl)c1. The number of aryl methyl sites for hydroxylation is 2. The molecule has 2 aromatic heterocycles. The van der Waals surface area contributed by atoms with Crippen molar-refractivity contribution in [3.05, 3.63) is 68.8 Å². The second kappa shape index (κ2) is 10.6. The summed E-state index contributed by atoms with van der Waals surface area (Å²) in [5, 5.41) is 10.3. The molecule has 176 valence electrons. The molecule has 33 heavy (non-hydrogen) atoms. The van der Waals surface area contributed by atoms with E-state index < -0.39 is 9.84 Å². The van der Waals surface area contributed by atoms with Crippen LogP contribution in [0.3, 0.4) is 0 Å². The molecular formula is C23H24Cl2N2O5S. The van der Waals surface area contributed by atoms with E-state index >= 15 is 0 Å². The highest BCUT2D eigenvalue weighted by Crippen LogP contribution is 2.34. The molecule has 2 heterocycles. The zero-order chi connectivity index (χ0) is 24.2. The smallest absolute Gasteiger partial charge is 0.254 e. The van der Waals surface area contributed by atoms with E-state index in [1.807, 2.05) is 0 Å². The average Bonchev–Trinajstić information content (AvgIpc) is 2.78. The van der Waals surface area contributed by atoms with Crippen LogP contribution < -0.4 is 10.3 Å². The van der Waals surface area contributed by atoms with Crippen molar-refractivity contribution in [2.45, 2.75) is 31.1 Å². The molecule has 0 atom stereocenters. The number of ether oxygens (including phenoxy) is 1. The van der Waals surface area contributed by atoms with Gasteiger partial charge in [0.05, 0.1) is 17.3 Å². The Morgan fingerprint density at radius 2 is 1.88 bits per heavy atom. The molecule has 0 aliphatic carbocycles. The van der Waals surface area contributed by atoms with Crippen molar-refractivity contribution in [1.29, 1.82) is 0 Å². The lowest BCUT2D eigenvalue weighted by Gasteiger charge is -2.14. The average molecular weight is 511 g/mol. The number of halogens is 2. The summed E-state index contributed by atoms with van der Waals surface area (Å²) in [6.45, 7) is 1.86. The first kappa shape index (κ1) is 25.1. The fourth-order valence-corrected chi connectivity index (χ4v) is 4.50. The van der Waals surface area contributed by atoms with Crippen molar-refractivity contribution in [3.8, 4) is 22.6 Å². The molecule has 0 unspecified atom stereocenters. The summed E-state index contributed by atoms with van der Waals surface area (Å²) in [5.41, 5.74) is 1.40. The number of pyridine rings is 2. The Morgan fingerprint density at radius 1 is 1.12 bits per heavy atom. The van der Waals surface area contributed by atoms with Gasteiger partial charge in [-0.15, -0.1) is 0 Å². The lowest BCUT2D eigenvalue weighted by atomic mass is 10.1. The maximum atomic E-state index is 12.3. The van der Waals surface area contributed by atoms with E-state index in [0.29, 0.717) is 41.3 Å². The molecule has 10 heteroatoms. The molecule has 3 rings (SSSR count). The largest absolute Gasteiger partial charge is 0.508 e. The summed E-state index contributed by atoms with van der Waals surface area (Å²) in [7, 11) is -1.91. The minimum Gasteiger partial charge on any atom is -0.508 e. The molecule has 0 fully saturated rings. The van der Waals surface area contributed by atoms with Crippen LogP contribution in [0.25, 0.3) is 11.1 Å². The zero-order valence-corrected chi connectivity index (χ0v) is 20.5. The Morgan fingerprint density at radius 3 is 2.61 bits per heavy atom. The van der Waals surface area contributed by atoms with E-state index in [2.05, 4.69) is 4.98 Å². The van der Waals surface area contributed by atoms with E-state index in [4.69, 9.17) is 27.9 Å². The minimum atomic E-state index is -3.49. The van der Waals surface area contributed by atoms with Crippen molar-refractivity contribution in [2.75, 3.05) is 12.4 Å². The van der Waals surface area contributed by atoms with Crippen LogP contribution in [0, 0.1) is 0 Å². The zero-order valence-electron chi connectivity index (χ0n) is 18.2. The first-order valence-electron chi connectivity index (χ1n) is 10.3. The fraction of sp³-hybridized carbons (Fsp3) is 0.304. The molecule has 0 amide bonds. The first-order valence-corrected chi connectivity index (χ1v) is 12.7. The molecule has 7 nitrogen and oxygen atoms in total. The van der Waals surface area contributed by atoms with Gasteiger partial charge in [-0.2, -0.15) is 0 Å². The normalized spacial score (nSPS) is 11.5. The molecule has 3 aromatic rings.